The number of para-hydroxylation sites is 1. The Hall–Kier alpha value is -3.80. The highest BCUT2D eigenvalue weighted by Gasteiger charge is 2.35. The van der Waals surface area contributed by atoms with Crippen LogP contribution < -0.4 is 0 Å². The zero-order valence-electron chi connectivity index (χ0n) is 20.1. The van der Waals surface area contributed by atoms with Crippen LogP contribution >= 0.6 is 15.9 Å². The van der Waals surface area contributed by atoms with E-state index in [4.69, 9.17) is 9.84 Å². The van der Waals surface area contributed by atoms with Gasteiger partial charge in [0.2, 0.25) is 0 Å². The van der Waals surface area contributed by atoms with Crippen molar-refractivity contribution in [3.63, 3.8) is 0 Å². The second-order valence-corrected chi connectivity index (χ2v) is 9.12. The van der Waals surface area contributed by atoms with Crippen LogP contribution in [0.1, 0.15) is 25.8 Å². The summed E-state index contributed by atoms with van der Waals surface area (Å²) in [4.78, 5) is 27.5. The number of imide groups is 1. The number of amides is 2. The highest BCUT2D eigenvalue weighted by atomic mass is 79.9. The van der Waals surface area contributed by atoms with E-state index < -0.39 is 11.8 Å². The monoisotopic (exact) mass is 544 g/mol. The molecule has 36 heavy (non-hydrogen) atoms. The summed E-state index contributed by atoms with van der Waals surface area (Å²) in [6.07, 6.45) is 4.06. The van der Waals surface area contributed by atoms with Gasteiger partial charge in [-0.05, 0) is 56.2 Å². The van der Waals surface area contributed by atoms with Crippen molar-refractivity contribution in [3.05, 3.63) is 87.5 Å². The van der Waals surface area contributed by atoms with E-state index in [0.29, 0.717) is 42.0 Å². The van der Waals surface area contributed by atoms with E-state index in [9.17, 15) is 14.9 Å². The fraction of sp³-hybridized carbons (Fsp3) is 0.214. The SMILES string of the molecule is CCOCCCN1C(=O)C(C#N)=C(C)/C(=C\c2cn(-c3ccccc3)nc2-c2ccc(Br)cc2)C1=O. The molecule has 0 bridgehead atoms. The largest absolute Gasteiger partial charge is 0.382 e. The highest BCUT2D eigenvalue weighted by Crippen LogP contribution is 2.31. The number of nitrogens with zero attached hydrogens (tertiary/aromatic N) is 4. The van der Waals surface area contributed by atoms with Crippen LogP contribution in [0.4, 0.5) is 0 Å². The fourth-order valence-corrected chi connectivity index (χ4v) is 4.26. The smallest absolute Gasteiger partial charge is 0.271 e. The number of benzene rings is 2. The third kappa shape index (κ3) is 5.23. The Bertz CT molecular complexity index is 1380. The summed E-state index contributed by atoms with van der Waals surface area (Å²) in [5.41, 5.74) is 3.75. The summed E-state index contributed by atoms with van der Waals surface area (Å²) >= 11 is 3.47. The Morgan fingerprint density at radius 1 is 1.08 bits per heavy atom. The zero-order valence-corrected chi connectivity index (χ0v) is 21.7. The number of ether oxygens (including phenoxy) is 1. The lowest BCUT2D eigenvalue weighted by molar-refractivity contribution is -0.140. The van der Waals surface area contributed by atoms with Gasteiger partial charge in [0.15, 0.2) is 0 Å². The molecule has 7 nitrogen and oxygen atoms in total. The van der Waals surface area contributed by atoms with Crippen molar-refractivity contribution >= 4 is 33.8 Å². The maximum absolute atomic E-state index is 13.5. The third-order valence-corrected chi connectivity index (χ3v) is 6.41. The summed E-state index contributed by atoms with van der Waals surface area (Å²) in [6, 6.07) is 19.4. The molecule has 2 aromatic carbocycles. The van der Waals surface area contributed by atoms with E-state index in [-0.39, 0.29) is 12.1 Å². The van der Waals surface area contributed by atoms with Crippen LogP contribution in [0.25, 0.3) is 23.0 Å². The second kappa shape index (κ2) is 11.3. The minimum atomic E-state index is -0.568. The molecule has 0 unspecified atom stereocenters. The quantitative estimate of drug-likeness (QED) is 0.217. The maximum atomic E-state index is 13.5. The first-order valence-corrected chi connectivity index (χ1v) is 12.4. The second-order valence-electron chi connectivity index (χ2n) is 8.20. The molecule has 3 aromatic rings. The Morgan fingerprint density at radius 3 is 2.47 bits per heavy atom. The fourth-order valence-electron chi connectivity index (χ4n) is 4.00. The molecule has 0 saturated heterocycles. The first-order chi connectivity index (χ1) is 17.4. The average molecular weight is 545 g/mol. The van der Waals surface area contributed by atoms with Crippen molar-refractivity contribution in [2.45, 2.75) is 20.3 Å². The van der Waals surface area contributed by atoms with Crippen LogP contribution in [0.2, 0.25) is 0 Å². The number of carbonyl (C=O) groups is 2. The molecular weight excluding hydrogens is 520 g/mol. The Morgan fingerprint density at radius 2 is 1.81 bits per heavy atom. The number of aromatic nitrogens is 2. The van der Waals surface area contributed by atoms with Crippen LogP contribution in [0.3, 0.4) is 0 Å². The van der Waals surface area contributed by atoms with Gasteiger partial charge in [-0.2, -0.15) is 10.4 Å². The summed E-state index contributed by atoms with van der Waals surface area (Å²) in [7, 11) is 0. The average Bonchev–Trinajstić information content (AvgIpc) is 3.31. The number of nitriles is 1. The molecule has 0 N–H and O–H groups in total. The van der Waals surface area contributed by atoms with Crippen molar-refractivity contribution < 1.29 is 14.3 Å². The van der Waals surface area contributed by atoms with Gasteiger partial charge in [-0.15, -0.1) is 0 Å². The molecule has 1 aromatic heterocycles. The molecule has 2 heterocycles. The van der Waals surface area contributed by atoms with E-state index in [0.717, 1.165) is 20.6 Å². The van der Waals surface area contributed by atoms with Gasteiger partial charge in [0.25, 0.3) is 11.8 Å². The van der Waals surface area contributed by atoms with Gasteiger partial charge in [-0.3, -0.25) is 14.5 Å². The minimum Gasteiger partial charge on any atom is -0.382 e. The lowest BCUT2D eigenvalue weighted by atomic mass is 9.93. The topological polar surface area (TPSA) is 88.2 Å². The summed E-state index contributed by atoms with van der Waals surface area (Å²) < 4.78 is 8.05. The molecule has 8 heteroatoms. The predicted molar refractivity (Wildman–Crippen MR) is 141 cm³/mol. The van der Waals surface area contributed by atoms with Crippen LogP contribution in [-0.2, 0) is 14.3 Å². The molecular formula is C28H25BrN4O3. The Balaban J connectivity index is 1.82. The highest BCUT2D eigenvalue weighted by molar-refractivity contribution is 9.10. The van der Waals surface area contributed by atoms with Crippen molar-refractivity contribution in [1.82, 2.24) is 14.7 Å². The van der Waals surface area contributed by atoms with Gasteiger partial charge in [0, 0.05) is 47.1 Å². The van der Waals surface area contributed by atoms with Gasteiger partial charge >= 0.3 is 0 Å². The molecule has 2 amide bonds. The number of hydrogen-bond acceptors (Lipinski definition) is 5. The summed E-state index contributed by atoms with van der Waals surface area (Å²) in [5, 5.41) is 14.5. The van der Waals surface area contributed by atoms with Gasteiger partial charge in [-0.25, -0.2) is 4.68 Å². The Kier molecular flexibility index (Phi) is 7.93. The van der Waals surface area contributed by atoms with Gasteiger partial charge in [0.1, 0.15) is 11.6 Å². The van der Waals surface area contributed by atoms with Gasteiger partial charge in [0.05, 0.1) is 11.4 Å². The molecule has 0 fully saturated rings. The molecule has 0 aliphatic carbocycles. The molecule has 4 rings (SSSR count). The van der Waals surface area contributed by atoms with E-state index >= 15 is 0 Å². The third-order valence-electron chi connectivity index (χ3n) is 5.88. The van der Waals surface area contributed by atoms with Crippen LogP contribution in [0.5, 0.6) is 0 Å². The normalized spacial score (nSPS) is 15.1. The molecule has 0 spiro atoms. The summed E-state index contributed by atoms with van der Waals surface area (Å²) in [6.45, 7) is 4.68. The van der Waals surface area contributed by atoms with E-state index in [1.165, 1.54) is 0 Å². The molecule has 0 atom stereocenters. The van der Waals surface area contributed by atoms with Crippen LogP contribution in [-0.4, -0.2) is 46.3 Å². The first-order valence-electron chi connectivity index (χ1n) is 11.6. The number of halogens is 1. The number of carbonyl (C=O) groups excluding carboxylic acids is 2. The minimum absolute atomic E-state index is 0.0297. The molecule has 182 valence electrons. The first kappa shape index (κ1) is 25.3. The molecule has 0 saturated carbocycles. The van der Waals surface area contributed by atoms with E-state index in [1.54, 1.807) is 17.7 Å². The molecule has 1 aliphatic rings. The van der Waals surface area contributed by atoms with Crippen molar-refractivity contribution in [1.29, 1.82) is 5.26 Å². The summed E-state index contributed by atoms with van der Waals surface area (Å²) in [5.74, 6) is -0.996. The predicted octanol–water partition coefficient (Wildman–Crippen LogP) is 5.32. The Labute approximate surface area is 218 Å². The lowest BCUT2D eigenvalue weighted by Crippen LogP contribution is -2.43. The number of rotatable bonds is 8. The van der Waals surface area contributed by atoms with Gasteiger partial charge < -0.3 is 4.74 Å². The van der Waals surface area contributed by atoms with Crippen molar-refractivity contribution in [3.8, 4) is 23.0 Å². The standard InChI is InChI=1S/C28H25BrN4O3/c1-3-36-15-7-14-32-27(34)24(19(2)25(17-30)28(32)35)16-21-18-33(23-8-5-4-6-9-23)31-26(21)20-10-12-22(29)13-11-20/h4-6,8-13,16,18H,3,7,14-15H2,1-2H3/b24-16+. The van der Waals surface area contributed by atoms with E-state index in [1.807, 2.05) is 73.8 Å². The molecule has 1 aliphatic heterocycles. The maximum Gasteiger partial charge on any atom is 0.271 e. The van der Waals surface area contributed by atoms with Crippen molar-refractivity contribution in [2.24, 2.45) is 0 Å². The van der Waals surface area contributed by atoms with Gasteiger partial charge in [-0.1, -0.05) is 46.3 Å². The lowest BCUT2D eigenvalue weighted by Gasteiger charge is -2.27. The van der Waals surface area contributed by atoms with Crippen LogP contribution in [0, 0.1) is 11.3 Å². The van der Waals surface area contributed by atoms with Crippen LogP contribution in [0.15, 0.2) is 82.0 Å². The number of hydrogen-bond donors (Lipinski definition) is 0. The molecule has 0 radical (unpaired) electrons. The van der Waals surface area contributed by atoms with Crippen molar-refractivity contribution in [2.75, 3.05) is 19.8 Å². The van der Waals surface area contributed by atoms with E-state index in [2.05, 4.69) is 15.9 Å². The zero-order chi connectivity index (χ0) is 25.7.